The Morgan fingerprint density at radius 1 is 1.67 bits per heavy atom. The van der Waals surface area contributed by atoms with Gasteiger partial charge in [-0.1, -0.05) is 0 Å². The number of hydrogen-bond donors (Lipinski definition) is 2. The quantitative estimate of drug-likeness (QED) is 0.678. The summed E-state index contributed by atoms with van der Waals surface area (Å²) in [6.07, 6.45) is 2.60. The van der Waals surface area contributed by atoms with Gasteiger partial charge in [0, 0.05) is 51.4 Å². The summed E-state index contributed by atoms with van der Waals surface area (Å²) in [5.41, 5.74) is 7.86. The first kappa shape index (κ1) is 10.6. The van der Waals surface area contributed by atoms with Gasteiger partial charge in [-0.25, -0.2) is 0 Å². The van der Waals surface area contributed by atoms with E-state index < -0.39 is 6.10 Å². The number of rotatable bonds is 3. The third-order valence-corrected chi connectivity index (χ3v) is 2.79. The number of hydrogen-bond acceptors (Lipinski definition) is 4. The van der Waals surface area contributed by atoms with Gasteiger partial charge >= 0.3 is 0 Å². The fourth-order valence-corrected chi connectivity index (χ4v) is 2.04. The molecule has 1 unspecified atom stereocenters. The van der Waals surface area contributed by atoms with E-state index >= 15 is 0 Å². The van der Waals surface area contributed by atoms with Crippen molar-refractivity contribution in [3.8, 4) is 0 Å². The number of aliphatic hydroxyl groups is 1. The summed E-state index contributed by atoms with van der Waals surface area (Å²) in [4.78, 5) is 2.22. The molecule has 84 valence electrons. The Hall–Kier alpha value is -0.910. The van der Waals surface area contributed by atoms with E-state index in [1.54, 1.807) is 0 Å². The Morgan fingerprint density at radius 3 is 3.20 bits per heavy atom. The Balaban J connectivity index is 1.99. The molecular weight excluding hydrogens is 192 g/mol. The average Bonchev–Trinajstić information content (AvgIpc) is 2.57. The molecule has 0 spiro atoms. The number of fused-ring (bicyclic) bond motifs is 1. The number of β-amino-alcohol motifs (C(OH)–C–C–N with tert-alkyl or cyclic N) is 1. The molecule has 1 aliphatic heterocycles. The maximum absolute atomic E-state index is 9.48. The molecule has 2 rings (SSSR count). The van der Waals surface area contributed by atoms with Crippen LogP contribution in [-0.2, 0) is 20.0 Å². The number of aryl methyl sites for hydroxylation is 1. The van der Waals surface area contributed by atoms with E-state index in [0.29, 0.717) is 13.1 Å². The van der Waals surface area contributed by atoms with Crippen LogP contribution in [0, 0.1) is 0 Å². The van der Waals surface area contributed by atoms with Crippen molar-refractivity contribution in [1.82, 2.24) is 14.7 Å². The second-order valence-corrected chi connectivity index (χ2v) is 4.15. The molecule has 0 saturated heterocycles. The third-order valence-electron chi connectivity index (χ3n) is 2.79. The summed E-state index contributed by atoms with van der Waals surface area (Å²) in [6.45, 7) is 2.82. The van der Waals surface area contributed by atoms with Gasteiger partial charge in [-0.3, -0.25) is 9.58 Å². The zero-order valence-corrected chi connectivity index (χ0v) is 9.06. The molecule has 2 heterocycles. The van der Waals surface area contributed by atoms with E-state index in [4.69, 9.17) is 5.73 Å². The topological polar surface area (TPSA) is 67.3 Å². The lowest BCUT2D eigenvalue weighted by molar-refractivity contribution is 0.111. The van der Waals surface area contributed by atoms with Crippen LogP contribution < -0.4 is 5.73 Å². The van der Waals surface area contributed by atoms with Gasteiger partial charge in [0.1, 0.15) is 0 Å². The lowest BCUT2D eigenvalue weighted by atomic mass is 10.1. The van der Waals surface area contributed by atoms with E-state index in [0.717, 1.165) is 19.5 Å². The summed E-state index contributed by atoms with van der Waals surface area (Å²) in [7, 11) is 1.94. The summed E-state index contributed by atoms with van der Waals surface area (Å²) in [5, 5.41) is 13.9. The van der Waals surface area contributed by atoms with Crippen molar-refractivity contribution in [1.29, 1.82) is 0 Å². The van der Waals surface area contributed by atoms with Crippen molar-refractivity contribution < 1.29 is 5.11 Å². The van der Waals surface area contributed by atoms with Crippen molar-refractivity contribution in [3.63, 3.8) is 0 Å². The lowest BCUT2D eigenvalue weighted by Crippen LogP contribution is -2.39. The van der Waals surface area contributed by atoms with E-state index in [-0.39, 0.29) is 0 Å². The molecule has 1 aromatic heterocycles. The van der Waals surface area contributed by atoms with Gasteiger partial charge in [0.15, 0.2) is 0 Å². The Kier molecular flexibility index (Phi) is 3.04. The summed E-state index contributed by atoms with van der Waals surface area (Å²) < 4.78 is 1.85. The second kappa shape index (κ2) is 4.30. The Labute approximate surface area is 89.5 Å². The predicted octanol–water partition coefficient (Wildman–Crippen LogP) is -0.902. The third kappa shape index (κ3) is 2.37. The molecule has 1 aliphatic rings. The first-order chi connectivity index (χ1) is 7.19. The van der Waals surface area contributed by atoms with Gasteiger partial charge < -0.3 is 10.8 Å². The van der Waals surface area contributed by atoms with Crippen LogP contribution in [0.5, 0.6) is 0 Å². The van der Waals surface area contributed by atoms with Crippen molar-refractivity contribution in [2.45, 2.75) is 19.1 Å². The number of nitrogens with two attached hydrogens (primary N) is 1. The summed E-state index contributed by atoms with van der Waals surface area (Å²) >= 11 is 0. The zero-order valence-electron chi connectivity index (χ0n) is 9.06. The monoisotopic (exact) mass is 210 g/mol. The van der Waals surface area contributed by atoms with Crippen LogP contribution >= 0.6 is 0 Å². The molecule has 0 radical (unpaired) electrons. The molecule has 0 amide bonds. The van der Waals surface area contributed by atoms with Crippen molar-refractivity contribution in [2.75, 3.05) is 19.6 Å². The number of aliphatic hydroxyl groups excluding tert-OH is 1. The number of aromatic nitrogens is 2. The largest absolute Gasteiger partial charge is 0.390 e. The molecule has 5 heteroatoms. The van der Waals surface area contributed by atoms with Crippen LogP contribution in [0.4, 0.5) is 0 Å². The maximum atomic E-state index is 9.48. The van der Waals surface area contributed by atoms with Gasteiger partial charge in [-0.2, -0.15) is 5.10 Å². The first-order valence-corrected chi connectivity index (χ1v) is 5.31. The van der Waals surface area contributed by atoms with Crippen molar-refractivity contribution in [2.24, 2.45) is 12.8 Å². The van der Waals surface area contributed by atoms with Crippen LogP contribution in [0.1, 0.15) is 11.3 Å². The van der Waals surface area contributed by atoms with Crippen molar-refractivity contribution in [3.05, 3.63) is 17.5 Å². The Bertz CT molecular complexity index is 336. The molecule has 1 aromatic rings. The molecular formula is C10H18N4O. The highest BCUT2D eigenvalue weighted by atomic mass is 16.3. The van der Waals surface area contributed by atoms with Gasteiger partial charge in [-0.05, 0) is 0 Å². The second-order valence-electron chi connectivity index (χ2n) is 4.15. The fourth-order valence-electron chi connectivity index (χ4n) is 2.04. The van der Waals surface area contributed by atoms with Crippen LogP contribution in [-0.4, -0.2) is 45.5 Å². The van der Waals surface area contributed by atoms with Crippen LogP contribution in [0.3, 0.4) is 0 Å². The minimum Gasteiger partial charge on any atom is -0.390 e. The lowest BCUT2D eigenvalue weighted by Gasteiger charge is -2.27. The molecule has 3 N–H and O–H groups in total. The minimum absolute atomic E-state index is 0.330. The highest BCUT2D eigenvalue weighted by Gasteiger charge is 2.20. The fraction of sp³-hybridized carbons (Fsp3) is 0.700. The highest BCUT2D eigenvalue weighted by molar-refractivity contribution is 5.19. The van der Waals surface area contributed by atoms with Gasteiger partial charge in [0.2, 0.25) is 0 Å². The minimum atomic E-state index is -0.414. The normalized spacial score (nSPS) is 18.9. The standard InChI is InChI=1S/C10H18N4O/c1-13-5-8-6-14(7-9(15)4-11)3-2-10(8)12-13/h5,9,15H,2-4,6-7,11H2,1H3. The van der Waals surface area contributed by atoms with E-state index in [1.165, 1.54) is 11.3 Å². The van der Waals surface area contributed by atoms with Crippen molar-refractivity contribution >= 4 is 0 Å². The molecule has 0 saturated carbocycles. The van der Waals surface area contributed by atoms with E-state index in [9.17, 15) is 5.11 Å². The van der Waals surface area contributed by atoms with Crippen LogP contribution in [0.15, 0.2) is 6.20 Å². The molecule has 0 fully saturated rings. The maximum Gasteiger partial charge on any atom is 0.0789 e. The van der Waals surface area contributed by atoms with Gasteiger partial charge in [0.25, 0.3) is 0 Å². The van der Waals surface area contributed by atoms with Crippen LogP contribution in [0.2, 0.25) is 0 Å². The number of nitrogens with zero attached hydrogens (tertiary/aromatic N) is 3. The highest BCUT2D eigenvalue weighted by Crippen LogP contribution is 2.16. The SMILES string of the molecule is Cn1cc2c(n1)CCN(CC(O)CN)C2. The summed E-state index contributed by atoms with van der Waals surface area (Å²) in [5.74, 6) is 0. The van der Waals surface area contributed by atoms with Gasteiger partial charge in [-0.15, -0.1) is 0 Å². The van der Waals surface area contributed by atoms with E-state index in [1.807, 2.05) is 11.7 Å². The van der Waals surface area contributed by atoms with E-state index in [2.05, 4.69) is 16.2 Å². The molecule has 1 atom stereocenters. The van der Waals surface area contributed by atoms with Gasteiger partial charge in [0.05, 0.1) is 11.8 Å². The smallest absolute Gasteiger partial charge is 0.0789 e. The zero-order chi connectivity index (χ0) is 10.8. The molecule has 0 aromatic carbocycles. The molecule has 5 nitrogen and oxygen atoms in total. The summed E-state index contributed by atoms with van der Waals surface area (Å²) in [6, 6.07) is 0. The average molecular weight is 210 g/mol. The molecule has 15 heavy (non-hydrogen) atoms. The van der Waals surface area contributed by atoms with Crippen LogP contribution in [0.25, 0.3) is 0 Å². The predicted molar refractivity (Wildman–Crippen MR) is 57.3 cm³/mol. The molecule has 0 aliphatic carbocycles. The first-order valence-electron chi connectivity index (χ1n) is 5.31. The Morgan fingerprint density at radius 2 is 2.47 bits per heavy atom. The molecule has 0 bridgehead atoms.